The van der Waals surface area contributed by atoms with Crippen LogP contribution in [0.1, 0.15) is 61.8 Å². The smallest absolute Gasteiger partial charge is 0.211 e. The van der Waals surface area contributed by atoms with Gasteiger partial charge in [0.25, 0.3) is 0 Å². The highest BCUT2D eigenvalue weighted by Gasteiger charge is 2.34. The van der Waals surface area contributed by atoms with E-state index in [9.17, 15) is 5.53 Å². The lowest BCUT2D eigenvalue weighted by molar-refractivity contribution is -0.345. The van der Waals surface area contributed by atoms with E-state index >= 15 is 0 Å². The van der Waals surface area contributed by atoms with Crippen LogP contribution < -0.4 is 0 Å². The number of aryl methyl sites for hydroxylation is 2. The Kier molecular flexibility index (Phi) is 5.51. The second kappa shape index (κ2) is 7.82. The lowest BCUT2D eigenvalue weighted by Gasteiger charge is -2.10. The first kappa shape index (κ1) is 18.3. The minimum atomic E-state index is 0.911. The Morgan fingerprint density at radius 3 is 1.81 bits per heavy atom. The fourth-order valence-electron chi connectivity index (χ4n) is 3.83. The molecule has 1 aliphatic heterocycles. The summed E-state index contributed by atoms with van der Waals surface area (Å²) < 4.78 is 1.44. The summed E-state index contributed by atoms with van der Waals surface area (Å²) in [5.74, 6) is 0. The van der Waals surface area contributed by atoms with Crippen LogP contribution in [-0.2, 0) is 0 Å². The summed E-state index contributed by atoms with van der Waals surface area (Å²) in [5.41, 5.74) is 20.3. The summed E-state index contributed by atoms with van der Waals surface area (Å²) in [5, 5.41) is 0. The van der Waals surface area contributed by atoms with Crippen molar-refractivity contribution in [3.8, 4) is 0 Å². The van der Waals surface area contributed by atoms with Gasteiger partial charge >= 0.3 is 0 Å². The quantitative estimate of drug-likeness (QED) is 0.501. The second-order valence-electron chi connectivity index (χ2n) is 7.16. The Bertz CT molecular complexity index is 900. The highest BCUT2D eigenvalue weighted by molar-refractivity contribution is 5.82. The van der Waals surface area contributed by atoms with Gasteiger partial charge in [-0.05, 0) is 57.4 Å². The van der Waals surface area contributed by atoms with Gasteiger partial charge in [0.05, 0.1) is 0 Å². The summed E-state index contributed by atoms with van der Waals surface area (Å²) in [7, 11) is 0. The Labute approximate surface area is 157 Å². The molecule has 0 atom stereocenters. The lowest BCUT2D eigenvalue weighted by Crippen LogP contribution is -2.02. The first-order valence-corrected chi connectivity index (χ1v) is 9.66. The molecule has 3 rings (SSSR count). The standard InChI is InChI=1S/C24H28N2/c1-5-7-14-22-21(6-2)23(19-12-8-10-17(3)15-19)26(25)24(22)20-13-9-11-18(4)16-20/h8-13,15-16H,5-7,14H2,1-4H3. The van der Waals surface area contributed by atoms with Crippen molar-refractivity contribution < 1.29 is 4.70 Å². The summed E-state index contributed by atoms with van der Waals surface area (Å²) in [6, 6.07) is 16.8. The molecule has 0 unspecified atom stereocenters. The topological polar surface area (TPSA) is 25.3 Å². The van der Waals surface area contributed by atoms with Crippen LogP contribution in [0, 0.1) is 13.8 Å². The minimum absolute atomic E-state index is 0.911. The van der Waals surface area contributed by atoms with Crippen LogP contribution >= 0.6 is 0 Å². The molecule has 1 aliphatic rings. The second-order valence-corrected chi connectivity index (χ2v) is 7.16. The van der Waals surface area contributed by atoms with Crippen molar-refractivity contribution in [2.45, 2.75) is 53.4 Å². The molecule has 0 fully saturated rings. The summed E-state index contributed by atoms with van der Waals surface area (Å²) >= 11 is 0. The van der Waals surface area contributed by atoms with Gasteiger partial charge in [-0.15, -0.1) is 0 Å². The van der Waals surface area contributed by atoms with E-state index in [-0.39, 0.29) is 0 Å². The normalized spacial score (nSPS) is 14.5. The minimum Gasteiger partial charge on any atom is -0.493 e. The maximum atomic E-state index is 11.2. The number of rotatable bonds is 6. The maximum absolute atomic E-state index is 11.2. The first-order valence-electron chi connectivity index (χ1n) is 9.66. The molecule has 134 valence electrons. The predicted molar refractivity (Wildman–Crippen MR) is 110 cm³/mol. The highest BCUT2D eigenvalue weighted by atomic mass is 15.2. The van der Waals surface area contributed by atoms with Gasteiger partial charge in [-0.1, -0.05) is 55.7 Å². The first-order chi connectivity index (χ1) is 12.6. The lowest BCUT2D eigenvalue weighted by atomic mass is 9.93. The molecule has 2 aromatic carbocycles. The molecule has 0 saturated carbocycles. The van der Waals surface area contributed by atoms with E-state index in [0.717, 1.165) is 48.2 Å². The zero-order valence-electron chi connectivity index (χ0n) is 16.3. The van der Waals surface area contributed by atoms with Gasteiger partial charge < -0.3 is 5.53 Å². The molecule has 2 nitrogen and oxygen atoms in total. The largest absolute Gasteiger partial charge is 0.493 e. The van der Waals surface area contributed by atoms with Crippen LogP contribution in [0.2, 0.25) is 0 Å². The molecule has 0 aliphatic carbocycles. The van der Waals surface area contributed by atoms with Gasteiger partial charge in [-0.25, -0.2) is 4.70 Å². The van der Waals surface area contributed by atoms with Crippen LogP contribution in [0.4, 0.5) is 0 Å². The zero-order valence-corrected chi connectivity index (χ0v) is 16.3. The van der Waals surface area contributed by atoms with Crippen molar-refractivity contribution in [2.24, 2.45) is 0 Å². The highest BCUT2D eigenvalue weighted by Crippen LogP contribution is 2.43. The van der Waals surface area contributed by atoms with E-state index in [1.165, 1.54) is 27.0 Å². The molecule has 0 saturated heterocycles. The Hall–Kier alpha value is -2.48. The summed E-state index contributed by atoms with van der Waals surface area (Å²) in [6.45, 7) is 8.60. The van der Waals surface area contributed by atoms with Crippen LogP contribution in [0.25, 0.3) is 16.9 Å². The third-order valence-corrected chi connectivity index (χ3v) is 5.08. The molecule has 1 heterocycles. The molecule has 2 aromatic rings. The molecule has 0 aromatic heterocycles. The van der Waals surface area contributed by atoms with Gasteiger partial charge in [-0.2, -0.15) is 0 Å². The number of benzene rings is 2. The molecule has 0 amide bonds. The van der Waals surface area contributed by atoms with Crippen LogP contribution in [-0.4, -0.2) is 4.70 Å². The molecule has 0 N–H and O–H groups in total. The molecule has 0 spiro atoms. The molecule has 2 heteroatoms. The zero-order chi connectivity index (χ0) is 18.7. The number of unbranched alkanes of at least 4 members (excludes halogenated alkanes) is 1. The van der Waals surface area contributed by atoms with Gasteiger partial charge in [-0.3, -0.25) is 0 Å². The number of hydrogen-bond donors (Lipinski definition) is 0. The molecular weight excluding hydrogens is 316 g/mol. The van der Waals surface area contributed by atoms with Crippen LogP contribution in [0.3, 0.4) is 0 Å². The van der Waals surface area contributed by atoms with Crippen molar-refractivity contribution in [1.82, 2.24) is 0 Å². The fraction of sp³-hybridized carbons (Fsp3) is 0.333. The van der Waals surface area contributed by atoms with Crippen molar-refractivity contribution in [2.75, 3.05) is 0 Å². The summed E-state index contributed by atoms with van der Waals surface area (Å²) in [4.78, 5) is 0. The van der Waals surface area contributed by atoms with E-state index in [1.54, 1.807) is 0 Å². The Morgan fingerprint density at radius 2 is 1.35 bits per heavy atom. The summed E-state index contributed by atoms with van der Waals surface area (Å²) in [6.07, 6.45) is 4.18. The predicted octanol–water partition coefficient (Wildman–Crippen LogP) is 7.07. The fourth-order valence-corrected chi connectivity index (χ4v) is 3.83. The average molecular weight is 345 g/mol. The van der Waals surface area contributed by atoms with Gasteiger partial charge in [0.15, 0.2) is 0 Å². The van der Waals surface area contributed by atoms with E-state index in [1.807, 2.05) is 0 Å². The third-order valence-electron chi connectivity index (χ3n) is 5.08. The third kappa shape index (κ3) is 3.41. The maximum Gasteiger partial charge on any atom is 0.211 e. The van der Waals surface area contributed by atoms with Gasteiger partial charge in [0.1, 0.15) is 0 Å². The van der Waals surface area contributed by atoms with Gasteiger partial charge in [0, 0.05) is 22.3 Å². The average Bonchev–Trinajstić information content (AvgIpc) is 2.91. The van der Waals surface area contributed by atoms with E-state index in [4.69, 9.17) is 0 Å². The van der Waals surface area contributed by atoms with E-state index in [2.05, 4.69) is 76.2 Å². The van der Waals surface area contributed by atoms with Gasteiger partial charge in [0.2, 0.25) is 11.4 Å². The molecule has 26 heavy (non-hydrogen) atoms. The van der Waals surface area contributed by atoms with E-state index in [0.29, 0.717) is 0 Å². The number of hydrogen-bond acceptors (Lipinski definition) is 0. The SMILES string of the molecule is CCCCC1=C(c2cccc(C)c2)[N+](=[N-])C(c2cccc(C)c2)=C1CC. The number of nitrogens with zero attached hydrogens (tertiary/aromatic N) is 2. The van der Waals surface area contributed by atoms with Crippen molar-refractivity contribution >= 4 is 11.4 Å². The van der Waals surface area contributed by atoms with Crippen molar-refractivity contribution in [3.05, 3.63) is 87.5 Å². The van der Waals surface area contributed by atoms with Crippen molar-refractivity contribution in [3.63, 3.8) is 0 Å². The Morgan fingerprint density at radius 1 is 0.808 bits per heavy atom. The Balaban J connectivity index is 2.18. The van der Waals surface area contributed by atoms with Crippen LogP contribution in [0.15, 0.2) is 59.7 Å². The van der Waals surface area contributed by atoms with Crippen LogP contribution in [0.5, 0.6) is 0 Å². The molecule has 0 radical (unpaired) electrons. The number of allylic oxidation sites excluding steroid dienone is 2. The molecular formula is C24H28N2. The monoisotopic (exact) mass is 344 g/mol. The van der Waals surface area contributed by atoms with E-state index < -0.39 is 0 Å². The van der Waals surface area contributed by atoms with Crippen molar-refractivity contribution in [1.29, 1.82) is 0 Å². The molecule has 0 bridgehead atoms.